The SMILES string of the molecule is CCOc1ccc(C(=O)OCc2ccccc2)cc1N. The summed E-state index contributed by atoms with van der Waals surface area (Å²) >= 11 is 0. The molecule has 0 heterocycles. The molecule has 4 nitrogen and oxygen atoms in total. The number of benzene rings is 2. The van der Waals surface area contributed by atoms with Crippen molar-refractivity contribution in [3.63, 3.8) is 0 Å². The van der Waals surface area contributed by atoms with Crippen LogP contribution in [0.15, 0.2) is 48.5 Å². The number of nitrogens with two attached hydrogens (primary N) is 1. The molecule has 0 aliphatic rings. The van der Waals surface area contributed by atoms with Gasteiger partial charge in [0.25, 0.3) is 0 Å². The fourth-order valence-electron chi connectivity index (χ4n) is 1.77. The van der Waals surface area contributed by atoms with Gasteiger partial charge in [-0.05, 0) is 30.7 Å². The van der Waals surface area contributed by atoms with Gasteiger partial charge in [0.15, 0.2) is 0 Å². The molecule has 0 saturated carbocycles. The van der Waals surface area contributed by atoms with E-state index in [4.69, 9.17) is 15.2 Å². The monoisotopic (exact) mass is 271 g/mol. The molecule has 0 bridgehead atoms. The number of hydrogen-bond acceptors (Lipinski definition) is 4. The lowest BCUT2D eigenvalue weighted by Gasteiger charge is -2.09. The third kappa shape index (κ3) is 3.51. The molecule has 2 rings (SSSR count). The minimum Gasteiger partial charge on any atom is -0.492 e. The Bertz CT molecular complexity index is 582. The normalized spacial score (nSPS) is 10.1. The van der Waals surface area contributed by atoms with Crippen LogP contribution in [0.2, 0.25) is 0 Å². The molecule has 0 aromatic heterocycles. The maximum Gasteiger partial charge on any atom is 0.338 e. The molecule has 0 amide bonds. The third-order valence-corrected chi connectivity index (χ3v) is 2.76. The molecule has 0 unspecified atom stereocenters. The van der Waals surface area contributed by atoms with E-state index in [9.17, 15) is 4.79 Å². The van der Waals surface area contributed by atoms with Crippen LogP contribution in [-0.2, 0) is 11.3 Å². The van der Waals surface area contributed by atoms with Gasteiger partial charge in [0.2, 0.25) is 0 Å². The minimum absolute atomic E-state index is 0.243. The molecule has 0 radical (unpaired) electrons. The van der Waals surface area contributed by atoms with Crippen LogP contribution < -0.4 is 10.5 Å². The summed E-state index contributed by atoms with van der Waals surface area (Å²) < 4.78 is 10.6. The molecule has 104 valence electrons. The molecule has 0 fully saturated rings. The van der Waals surface area contributed by atoms with Gasteiger partial charge >= 0.3 is 5.97 Å². The van der Waals surface area contributed by atoms with Crippen LogP contribution >= 0.6 is 0 Å². The summed E-state index contributed by atoms with van der Waals surface area (Å²) in [7, 11) is 0. The molecule has 4 heteroatoms. The average Bonchev–Trinajstić information content (AvgIpc) is 2.48. The highest BCUT2D eigenvalue weighted by Gasteiger charge is 2.10. The lowest BCUT2D eigenvalue weighted by Crippen LogP contribution is -2.06. The quantitative estimate of drug-likeness (QED) is 0.670. The average molecular weight is 271 g/mol. The van der Waals surface area contributed by atoms with Crippen molar-refractivity contribution in [3.05, 3.63) is 59.7 Å². The van der Waals surface area contributed by atoms with E-state index in [1.165, 1.54) is 0 Å². The number of carbonyl (C=O) groups is 1. The lowest BCUT2D eigenvalue weighted by atomic mass is 10.2. The maximum absolute atomic E-state index is 11.9. The Labute approximate surface area is 118 Å². The zero-order valence-electron chi connectivity index (χ0n) is 11.3. The fraction of sp³-hybridized carbons (Fsp3) is 0.188. The Kier molecular flexibility index (Phi) is 4.60. The van der Waals surface area contributed by atoms with Gasteiger partial charge < -0.3 is 15.2 Å². The van der Waals surface area contributed by atoms with Crippen molar-refractivity contribution in [3.8, 4) is 5.75 Å². The predicted octanol–water partition coefficient (Wildman–Crippen LogP) is 3.02. The smallest absolute Gasteiger partial charge is 0.338 e. The van der Waals surface area contributed by atoms with E-state index in [2.05, 4.69) is 0 Å². The van der Waals surface area contributed by atoms with E-state index >= 15 is 0 Å². The Balaban J connectivity index is 2.00. The van der Waals surface area contributed by atoms with Crippen LogP contribution in [0.1, 0.15) is 22.8 Å². The van der Waals surface area contributed by atoms with Crippen molar-refractivity contribution in [2.45, 2.75) is 13.5 Å². The second-order valence-corrected chi connectivity index (χ2v) is 4.25. The van der Waals surface area contributed by atoms with E-state index in [1.54, 1.807) is 18.2 Å². The molecule has 0 aliphatic heterocycles. The summed E-state index contributed by atoms with van der Waals surface area (Å²) in [5.74, 6) is 0.177. The molecule has 20 heavy (non-hydrogen) atoms. The van der Waals surface area contributed by atoms with E-state index in [1.807, 2.05) is 37.3 Å². The van der Waals surface area contributed by atoms with Crippen LogP contribution in [0.4, 0.5) is 5.69 Å². The highest BCUT2D eigenvalue weighted by atomic mass is 16.5. The summed E-state index contributed by atoms with van der Waals surface area (Å²) in [4.78, 5) is 11.9. The number of nitrogen functional groups attached to an aromatic ring is 1. The first-order valence-corrected chi connectivity index (χ1v) is 6.44. The predicted molar refractivity (Wildman–Crippen MR) is 77.6 cm³/mol. The van der Waals surface area contributed by atoms with Gasteiger partial charge in [0.05, 0.1) is 17.9 Å². The number of rotatable bonds is 5. The van der Waals surface area contributed by atoms with Gasteiger partial charge in [-0.2, -0.15) is 0 Å². The van der Waals surface area contributed by atoms with Crippen LogP contribution in [-0.4, -0.2) is 12.6 Å². The van der Waals surface area contributed by atoms with Gasteiger partial charge in [-0.15, -0.1) is 0 Å². The Hall–Kier alpha value is -2.49. The number of ether oxygens (including phenoxy) is 2. The molecule has 2 aromatic rings. The van der Waals surface area contributed by atoms with E-state index in [-0.39, 0.29) is 6.61 Å². The Morgan fingerprint density at radius 1 is 1.15 bits per heavy atom. The van der Waals surface area contributed by atoms with Crippen LogP contribution in [0.25, 0.3) is 0 Å². The summed E-state index contributed by atoms with van der Waals surface area (Å²) in [6.45, 7) is 2.65. The largest absolute Gasteiger partial charge is 0.492 e. The van der Waals surface area contributed by atoms with Crippen LogP contribution in [0.5, 0.6) is 5.75 Å². The first-order valence-electron chi connectivity index (χ1n) is 6.44. The van der Waals surface area contributed by atoms with E-state index in [0.29, 0.717) is 23.6 Å². The highest BCUT2D eigenvalue weighted by Crippen LogP contribution is 2.23. The molecular formula is C16H17NO3. The zero-order valence-corrected chi connectivity index (χ0v) is 11.3. The summed E-state index contributed by atoms with van der Waals surface area (Å²) in [5, 5.41) is 0. The summed E-state index contributed by atoms with van der Waals surface area (Å²) in [6, 6.07) is 14.4. The van der Waals surface area contributed by atoms with Crippen molar-refractivity contribution in [1.82, 2.24) is 0 Å². The third-order valence-electron chi connectivity index (χ3n) is 2.76. The van der Waals surface area contributed by atoms with Crippen LogP contribution in [0, 0.1) is 0 Å². The standard InChI is InChI=1S/C16H17NO3/c1-2-19-15-9-8-13(10-14(15)17)16(18)20-11-12-6-4-3-5-7-12/h3-10H,2,11,17H2,1H3. The number of carbonyl (C=O) groups excluding carboxylic acids is 1. The molecule has 0 saturated heterocycles. The first-order chi connectivity index (χ1) is 9.70. The number of esters is 1. The van der Waals surface area contributed by atoms with Gasteiger partial charge in [0, 0.05) is 0 Å². The molecule has 0 aliphatic carbocycles. The van der Waals surface area contributed by atoms with Crippen molar-refractivity contribution >= 4 is 11.7 Å². The molecule has 0 atom stereocenters. The minimum atomic E-state index is -0.399. The van der Waals surface area contributed by atoms with Gasteiger partial charge in [-0.3, -0.25) is 0 Å². The van der Waals surface area contributed by atoms with E-state index < -0.39 is 5.97 Å². The fourth-order valence-corrected chi connectivity index (χ4v) is 1.77. The second-order valence-electron chi connectivity index (χ2n) is 4.25. The highest BCUT2D eigenvalue weighted by molar-refractivity contribution is 5.91. The Morgan fingerprint density at radius 3 is 2.55 bits per heavy atom. The number of anilines is 1. The lowest BCUT2D eigenvalue weighted by molar-refractivity contribution is 0.0473. The summed E-state index contributed by atoms with van der Waals surface area (Å²) in [6.07, 6.45) is 0. The summed E-state index contributed by atoms with van der Waals surface area (Å²) in [5.41, 5.74) is 7.61. The molecule has 2 N–H and O–H groups in total. The van der Waals surface area contributed by atoms with E-state index in [0.717, 1.165) is 5.56 Å². The van der Waals surface area contributed by atoms with Crippen molar-refractivity contribution in [2.24, 2.45) is 0 Å². The molecular weight excluding hydrogens is 254 g/mol. The van der Waals surface area contributed by atoms with Crippen molar-refractivity contribution in [2.75, 3.05) is 12.3 Å². The molecule has 0 spiro atoms. The van der Waals surface area contributed by atoms with Crippen molar-refractivity contribution < 1.29 is 14.3 Å². The van der Waals surface area contributed by atoms with Crippen LogP contribution in [0.3, 0.4) is 0 Å². The molecule has 2 aromatic carbocycles. The second kappa shape index (κ2) is 6.61. The van der Waals surface area contributed by atoms with Gasteiger partial charge in [-0.25, -0.2) is 4.79 Å². The van der Waals surface area contributed by atoms with Gasteiger partial charge in [-0.1, -0.05) is 30.3 Å². The maximum atomic E-state index is 11.9. The number of hydrogen-bond donors (Lipinski definition) is 1. The zero-order chi connectivity index (χ0) is 14.4. The Morgan fingerprint density at radius 2 is 1.90 bits per heavy atom. The van der Waals surface area contributed by atoms with Gasteiger partial charge in [0.1, 0.15) is 12.4 Å². The van der Waals surface area contributed by atoms with Crippen molar-refractivity contribution in [1.29, 1.82) is 0 Å². The topological polar surface area (TPSA) is 61.5 Å². The first kappa shape index (κ1) is 13.9.